The highest BCUT2D eigenvalue weighted by molar-refractivity contribution is 5.93. The molecule has 0 aliphatic heterocycles. The highest BCUT2D eigenvalue weighted by Crippen LogP contribution is 2.20. The Hall–Kier alpha value is -2.16. The van der Waals surface area contributed by atoms with Gasteiger partial charge in [-0.05, 0) is 12.1 Å². The minimum Gasteiger partial charge on any atom is -0.478 e. The summed E-state index contributed by atoms with van der Waals surface area (Å²) in [5.74, 6) is -0.937. The number of aromatic nitrogens is 1. The molecule has 3 nitrogen and oxygen atoms in total. The van der Waals surface area contributed by atoms with Crippen molar-refractivity contribution in [1.29, 1.82) is 0 Å². The Labute approximate surface area is 93.5 Å². The fraction of sp³-hybridized carbons (Fsp3) is 0.0769. The largest absolute Gasteiger partial charge is 0.478 e. The van der Waals surface area contributed by atoms with E-state index >= 15 is 0 Å². The number of carboxylic acids is 1. The van der Waals surface area contributed by atoms with E-state index in [-0.39, 0.29) is 5.56 Å². The summed E-state index contributed by atoms with van der Waals surface area (Å²) >= 11 is 0. The van der Waals surface area contributed by atoms with Gasteiger partial charge in [-0.15, -0.1) is 0 Å². The molecule has 0 radical (unpaired) electrons. The summed E-state index contributed by atoms with van der Waals surface area (Å²) in [5.41, 5.74) is 2.34. The molecule has 1 aromatic rings. The molecule has 1 aliphatic carbocycles. The monoisotopic (exact) mass is 213 g/mol. The topological polar surface area (TPSA) is 50.2 Å². The summed E-state index contributed by atoms with van der Waals surface area (Å²) in [5, 5.41) is 9.14. The van der Waals surface area contributed by atoms with Gasteiger partial charge in [0.25, 0.3) is 0 Å². The smallest absolute Gasteiger partial charge is 0.336 e. The van der Waals surface area contributed by atoms with Gasteiger partial charge in [-0.1, -0.05) is 30.9 Å². The van der Waals surface area contributed by atoms with Crippen LogP contribution in [0.2, 0.25) is 0 Å². The van der Waals surface area contributed by atoms with Crippen LogP contribution in [0.15, 0.2) is 30.9 Å². The number of carboxylic acid groups (broad SMARTS) is 1. The fourth-order valence-corrected chi connectivity index (χ4v) is 1.66. The van der Waals surface area contributed by atoms with E-state index in [2.05, 4.69) is 11.6 Å². The number of carbonyl (C=O) groups is 1. The zero-order valence-electron chi connectivity index (χ0n) is 8.68. The Morgan fingerprint density at radius 3 is 3.00 bits per heavy atom. The molecule has 3 heteroatoms. The lowest BCUT2D eigenvalue weighted by atomic mass is 10.0. The maximum Gasteiger partial charge on any atom is 0.336 e. The predicted octanol–water partition coefficient (Wildman–Crippen LogP) is 2.55. The first-order valence-corrected chi connectivity index (χ1v) is 4.95. The summed E-state index contributed by atoms with van der Waals surface area (Å²) in [6.07, 6.45) is 9.65. The molecular weight excluding hydrogens is 202 g/mol. The molecular formula is C13H11NO2. The SMILES string of the molecule is C=Cc1cc(C(=O)O)c2c(n1)CC=CC=C2. The van der Waals surface area contributed by atoms with Crippen molar-refractivity contribution in [3.8, 4) is 0 Å². The van der Waals surface area contributed by atoms with Crippen LogP contribution in [0.4, 0.5) is 0 Å². The molecule has 0 saturated heterocycles. The zero-order valence-corrected chi connectivity index (χ0v) is 8.68. The number of fused-ring (bicyclic) bond motifs is 1. The third kappa shape index (κ3) is 1.80. The Bertz CT molecular complexity index is 513. The molecule has 0 unspecified atom stereocenters. The highest BCUT2D eigenvalue weighted by Gasteiger charge is 2.14. The number of pyridine rings is 1. The van der Waals surface area contributed by atoms with Crippen LogP contribution in [0.3, 0.4) is 0 Å². The van der Waals surface area contributed by atoms with E-state index in [4.69, 9.17) is 5.11 Å². The maximum absolute atomic E-state index is 11.1. The lowest BCUT2D eigenvalue weighted by Gasteiger charge is -2.07. The quantitative estimate of drug-likeness (QED) is 0.821. The van der Waals surface area contributed by atoms with Crippen molar-refractivity contribution in [3.05, 3.63) is 53.4 Å². The zero-order chi connectivity index (χ0) is 11.5. The predicted molar refractivity (Wildman–Crippen MR) is 63.2 cm³/mol. The van der Waals surface area contributed by atoms with Crippen LogP contribution in [-0.2, 0) is 6.42 Å². The first-order chi connectivity index (χ1) is 7.72. The normalized spacial score (nSPS) is 13.0. The molecule has 0 amide bonds. The third-order valence-electron chi connectivity index (χ3n) is 2.42. The van der Waals surface area contributed by atoms with E-state index in [0.29, 0.717) is 17.7 Å². The fourth-order valence-electron chi connectivity index (χ4n) is 1.66. The standard InChI is InChI=1S/C13H11NO2/c1-2-9-8-11(13(15)16)10-6-4-3-5-7-12(10)14-9/h2-6,8H,1,7H2,(H,15,16). The summed E-state index contributed by atoms with van der Waals surface area (Å²) in [4.78, 5) is 15.5. The van der Waals surface area contributed by atoms with Crippen LogP contribution in [0, 0.1) is 0 Å². The minimum absolute atomic E-state index is 0.278. The second-order valence-electron chi connectivity index (χ2n) is 3.46. The van der Waals surface area contributed by atoms with Gasteiger partial charge in [0.2, 0.25) is 0 Å². The molecule has 0 atom stereocenters. The lowest BCUT2D eigenvalue weighted by Crippen LogP contribution is -2.06. The molecule has 0 saturated carbocycles. The summed E-state index contributed by atoms with van der Waals surface area (Å²) in [6.45, 7) is 3.61. The molecule has 16 heavy (non-hydrogen) atoms. The number of hydrogen-bond acceptors (Lipinski definition) is 2. The van der Waals surface area contributed by atoms with Gasteiger partial charge in [-0.25, -0.2) is 4.79 Å². The van der Waals surface area contributed by atoms with Gasteiger partial charge in [-0.3, -0.25) is 4.98 Å². The third-order valence-corrected chi connectivity index (χ3v) is 2.42. The molecule has 80 valence electrons. The Kier molecular flexibility index (Phi) is 2.68. The molecule has 2 rings (SSSR count). The van der Waals surface area contributed by atoms with E-state index in [1.165, 1.54) is 0 Å². The van der Waals surface area contributed by atoms with E-state index < -0.39 is 5.97 Å². The van der Waals surface area contributed by atoms with Gasteiger partial charge >= 0.3 is 5.97 Å². The van der Waals surface area contributed by atoms with Crippen molar-refractivity contribution in [1.82, 2.24) is 4.98 Å². The van der Waals surface area contributed by atoms with Gasteiger partial charge in [0, 0.05) is 12.0 Å². The highest BCUT2D eigenvalue weighted by atomic mass is 16.4. The van der Waals surface area contributed by atoms with Crippen molar-refractivity contribution in [2.45, 2.75) is 6.42 Å². The molecule has 0 aromatic carbocycles. The van der Waals surface area contributed by atoms with Gasteiger partial charge in [-0.2, -0.15) is 0 Å². The van der Waals surface area contributed by atoms with E-state index in [0.717, 1.165) is 5.69 Å². The van der Waals surface area contributed by atoms with E-state index in [1.54, 1.807) is 18.2 Å². The second kappa shape index (κ2) is 4.14. The van der Waals surface area contributed by atoms with Gasteiger partial charge in [0.05, 0.1) is 17.0 Å². The number of rotatable bonds is 2. The van der Waals surface area contributed by atoms with Crippen molar-refractivity contribution < 1.29 is 9.90 Å². The molecule has 1 aromatic heterocycles. The average molecular weight is 213 g/mol. The number of hydrogen-bond donors (Lipinski definition) is 1. The van der Waals surface area contributed by atoms with Crippen LogP contribution in [0.25, 0.3) is 12.2 Å². The summed E-state index contributed by atoms with van der Waals surface area (Å²) < 4.78 is 0. The van der Waals surface area contributed by atoms with Gasteiger partial charge in [0.1, 0.15) is 0 Å². The van der Waals surface area contributed by atoms with Crippen LogP contribution in [0.5, 0.6) is 0 Å². The Morgan fingerprint density at radius 2 is 2.31 bits per heavy atom. The van der Waals surface area contributed by atoms with Crippen LogP contribution in [0.1, 0.15) is 27.3 Å². The first-order valence-electron chi connectivity index (χ1n) is 4.95. The van der Waals surface area contributed by atoms with E-state index in [9.17, 15) is 4.79 Å². The Morgan fingerprint density at radius 1 is 1.50 bits per heavy atom. The van der Waals surface area contributed by atoms with Crippen molar-refractivity contribution >= 4 is 18.1 Å². The van der Waals surface area contributed by atoms with Gasteiger partial charge in [0.15, 0.2) is 0 Å². The minimum atomic E-state index is -0.937. The van der Waals surface area contributed by atoms with Crippen molar-refractivity contribution in [3.63, 3.8) is 0 Å². The lowest BCUT2D eigenvalue weighted by molar-refractivity contribution is 0.0696. The molecule has 0 fully saturated rings. The molecule has 0 bridgehead atoms. The first kappa shape index (κ1) is 10.4. The van der Waals surface area contributed by atoms with Crippen molar-refractivity contribution in [2.75, 3.05) is 0 Å². The summed E-state index contributed by atoms with van der Waals surface area (Å²) in [6, 6.07) is 1.55. The van der Waals surface area contributed by atoms with Crippen molar-refractivity contribution in [2.24, 2.45) is 0 Å². The maximum atomic E-state index is 11.1. The molecule has 1 N–H and O–H groups in total. The number of aromatic carboxylic acids is 1. The second-order valence-corrected chi connectivity index (χ2v) is 3.46. The van der Waals surface area contributed by atoms with E-state index in [1.807, 2.05) is 18.2 Å². The molecule has 1 heterocycles. The van der Waals surface area contributed by atoms with Crippen LogP contribution >= 0.6 is 0 Å². The number of nitrogens with zero attached hydrogens (tertiary/aromatic N) is 1. The molecule has 0 spiro atoms. The van der Waals surface area contributed by atoms with Crippen LogP contribution in [-0.4, -0.2) is 16.1 Å². The average Bonchev–Trinajstić information content (AvgIpc) is 2.52. The van der Waals surface area contributed by atoms with Crippen LogP contribution < -0.4 is 0 Å². The summed E-state index contributed by atoms with van der Waals surface area (Å²) in [7, 11) is 0. The molecule has 1 aliphatic rings. The Balaban J connectivity index is 2.69. The van der Waals surface area contributed by atoms with Gasteiger partial charge < -0.3 is 5.11 Å². The number of allylic oxidation sites excluding steroid dienone is 3.